The van der Waals surface area contributed by atoms with Crippen molar-refractivity contribution < 1.29 is 19.1 Å². The number of amides is 2. The zero-order valence-electron chi connectivity index (χ0n) is 17.5. The maximum Gasteiger partial charge on any atom is 0.278 e. The fourth-order valence-corrected chi connectivity index (χ4v) is 3.25. The second kappa shape index (κ2) is 9.31. The van der Waals surface area contributed by atoms with Crippen molar-refractivity contribution in [3.8, 4) is 11.5 Å². The maximum atomic E-state index is 13.1. The van der Waals surface area contributed by atoms with Gasteiger partial charge in [0, 0.05) is 6.54 Å². The van der Waals surface area contributed by atoms with Gasteiger partial charge in [-0.2, -0.15) is 0 Å². The molecule has 6 heteroatoms. The number of aryl methyl sites for hydroxylation is 1. The molecule has 156 valence electrons. The minimum Gasteiger partial charge on any atom is -0.495 e. The molecule has 0 atom stereocenters. The minimum absolute atomic E-state index is 0.134. The fourth-order valence-electron chi connectivity index (χ4n) is 3.25. The molecule has 1 N–H and O–H groups in total. The van der Waals surface area contributed by atoms with Crippen LogP contribution in [0.25, 0.3) is 5.57 Å². The van der Waals surface area contributed by atoms with Crippen molar-refractivity contribution in [1.29, 1.82) is 0 Å². The second-order valence-electron chi connectivity index (χ2n) is 6.96. The van der Waals surface area contributed by atoms with Crippen LogP contribution in [0.1, 0.15) is 24.5 Å². The Balaban J connectivity index is 2.05. The molecule has 6 nitrogen and oxygen atoms in total. The maximum absolute atomic E-state index is 13.1. The molecule has 0 spiro atoms. The summed E-state index contributed by atoms with van der Waals surface area (Å²) in [5.41, 5.74) is 2.78. The van der Waals surface area contributed by atoms with E-state index >= 15 is 0 Å². The molecule has 0 fully saturated rings. The summed E-state index contributed by atoms with van der Waals surface area (Å²) in [6.45, 7) is 8.39. The predicted molar refractivity (Wildman–Crippen MR) is 117 cm³/mol. The lowest BCUT2D eigenvalue weighted by Gasteiger charge is -2.14. The molecule has 2 aromatic rings. The summed E-state index contributed by atoms with van der Waals surface area (Å²) < 4.78 is 11.0. The number of hydrogen-bond donors (Lipinski definition) is 1. The number of benzene rings is 2. The molecule has 0 saturated carbocycles. The molecule has 1 aliphatic rings. The van der Waals surface area contributed by atoms with Crippen molar-refractivity contribution in [3.05, 3.63) is 71.9 Å². The van der Waals surface area contributed by atoms with E-state index in [-0.39, 0.29) is 18.1 Å². The Hall–Kier alpha value is -3.54. The first-order chi connectivity index (χ1) is 14.5. The lowest BCUT2D eigenvalue weighted by atomic mass is 10.0. The van der Waals surface area contributed by atoms with E-state index in [4.69, 9.17) is 9.47 Å². The first-order valence-electron chi connectivity index (χ1n) is 9.86. The Bertz CT molecular complexity index is 993. The highest BCUT2D eigenvalue weighted by Crippen LogP contribution is 2.34. The van der Waals surface area contributed by atoms with Crippen LogP contribution in [0.5, 0.6) is 11.5 Å². The molecule has 1 heterocycles. The standard InChI is InChI=1S/C24H26N2O4/c1-5-13-26-23(27)21(17-8-10-18(11-9-17)30-14-6-2)22(24(26)28)25-19-15-16(3)7-12-20(19)29-4/h5,7-12,15,25H,1,6,13-14H2,2-4H3. The molecule has 0 unspecified atom stereocenters. The van der Waals surface area contributed by atoms with Crippen molar-refractivity contribution in [1.82, 2.24) is 4.90 Å². The lowest BCUT2D eigenvalue weighted by Crippen LogP contribution is -2.32. The van der Waals surface area contributed by atoms with Crippen LogP contribution < -0.4 is 14.8 Å². The van der Waals surface area contributed by atoms with Crippen LogP contribution in [-0.2, 0) is 9.59 Å². The molecule has 2 aromatic carbocycles. The highest BCUT2D eigenvalue weighted by Gasteiger charge is 2.38. The SMILES string of the molecule is C=CCN1C(=O)C(Nc2cc(C)ccc2OC)=C(c2ccc(OCCC)cc2)C1=O. The average molecular weight is 406 g/mol. The van der Waals surface area contributed by atoms with Gasteiger partial charge in [-0.05, 0) is 48.7 Å². The minimum atomic E-state index is -0.398. The van der Waals surface area contributed by atoms with Gasteiger partial charge in [-0.15, -0.1) is 6.58 Å². The topological polar surface area (TPSA) is 67.9 Å². The van der Waals surface area contributed by atoms with E-state index in [9.17, 15) is 9.59 Å². The van der Waals surface area contributed by atoms with Gasteiger partial charge in [-0.1, -0.05) is 31.2 Å². The van der Waals surface area contributed by atoms with Crippen molar-refractivity contribution in [2.24, 2.45) is 0 Å². The van der Waals surface area contributed by atoms with E-state index in [1.165, 1.54) is 11.0 Å². The molecule has 0 bridgehead atoms. The number of nitrogens with zero attached hydrogens (tertiary/aromatic N) is 1. The number of carbonyl (C=O) groups excluding carboxylic acids is 2. The molecular weight excluding hydrogens is 380 g/mol. The molecule has 3 rings (SSSR count). The average Bonchev–Trinajstić information content (AvgIpc) is 2.97. The molecule has 1 aliphatic heterocycles. The smallest absolute Gasteiger partial charge is 0.278 e. The summed E-state index contributed by atoms with van der Waals surface area (Å²) in [7, 11) is 1.56. The predicted octanol–water partition coefficient (Wildman–Crippen LogP) is 4.17. The van der Waals surface area contributed by atoms with E-state index in [0.717, 1.165) is 17.7 Å². The zero-order chi connectivity index (χ0) is 21.7. The third kappa shape index (κ3) is 4.22. The molecule has 0 aliphatic carbocycles. The van der Waals surface area contributed by atoms with E-state index in [0.29, 0.717) is 29.2 Å². The lowest BCUT2D eigenvalue weighted by molar-refractivity contribution is -0.136. The summed E-state index contributed by atoms with van der Waals surface area (Å²) in [5.74, 6) is 0.537. The highest BCUT2D eigenvalue weighted by molar-refractivity contribution is 6.36. The van der Waals surface area contributed by atoms with E-state index in [2.05, 4.69) is 11.9 Å². The molecule has 30 heavy (non-hydrogen) atoms. The fraction of sp³-hybridized carbons (Fsp3) is 0.250. The molecule has 0 radical (unpaired) electrons. The Morgan fingerprint density at radius 2 is 1.83 bits per heavy atom. The van der Waals surface area contributed by atoms with E-state index in [1.807, 2.05) is 32.0 Å². The second-order valence-corrected chi connectivity index (χ2v) is 6.96. The zero-order valence-corrected chi connectivity index (χ0v) is 17.5. The van der Waals surface area contributed by atoms with Crippen LogP contribution in [0, 0.1) is 6.92 Å². The van der Waals surface area contributed by atoms with E-state index in [1.54, 1.807) is 31.4 Å². The summed E-state index contributed by atoms with van der Waals surface area (Å²) in [4.78, 5) is 27.3. The highest BCUT2D eigenvalue weighted by atomic mass is 16.5. The summed E-state index contributed by atoms with van der Waals surface area (Å²) >= 11 is 0. The molecule has 0 aromatic heterocycles. The van der Waals surface area contributed by atoms with Crippen molar-refractivity contribution in [3.63, 3.8) is 0 Å². The number of nitrogens with one attached hydrogen (secondary N) is 1. The van der Waals surface area contributed by atoms with E-state index < -0.39 is 5.91 Å². The van der Waals surface area contributed by atoms with Crippen LogP contribution in [0.4, 0.5) is 5.69 Å². The molecule has 0 saturated heterocycles. The Morgan fingerprint density at radius 3 is 2.47 bits per heavy atom. The third-order valence-corrected chi connectivity index (χ3v) is 4.71. The summed E-state index contributed by atoms with van der Waals surface area (Å²) in [5, 5.41) is 3.14. The quantitative estimate of drug-likeness (QED) is 0.500. The van der Waals surface area contributed by atoms with Gasteiger partial charge in [-0.25, -0.2) is 0 Å². The molecule has 2 amide bonds. The van der Waals surface area contributed by atoms with Gasteiger partial charge in [0.2, 0.25) is 0 Å². The van der Waals surface area contributed by atoms with Crippen molar-refractivity contribution in [2.75, 3.05) is 25.6 Å². The number of methoxy groups -OCH3 is 1. The van der Waals surface area contributed by atoms with Gasteiger partial charge in [0.05, 0.1) is 25.0 Å². The Kier molecular flexibility index (Phi) is 6.57. The largest absolute Gasteiger partial charge is 0.495 e. The van der Waals surface area contributed by atoms with Crippen molar-refractivity contribution >= 4 is 23.1 Å². The normalized spacial score (nSPS) is 13.6. The Labute approximate surface area is 176 Å². The van der Waals surface area contributed by atoms with Gasteiger partial charge < -0.3 is 14.8 Å². The number of ether oxygens (including phenoxy) is 2. The van der Waals surface area contributed by atoms with Crippen LogP contribution in [0.3, 0.4) is 0 Å². The first kappa shape index (κ1) is 21.2. The summed E-state index contributed by atoms with van der Waals surface area (Å²) in [6, 6.07) is 12.8. The number of hydrogen-bond acceptors (Lipinski definition) is 5. The van der Waals surface area contributed by atoms with Gasteiger partial charge in [0.15, 0.2) is 0 Å². The number of imide groups is 1. The number of anilines is 1. The number of carbonyl (C=O) groups is 2. The van der Waals surface area contributed by atoms with Gasteiger partial charge in [0.25, 0.3) is 11.8 Å². The number of rotatable bonds is 9. The first-order valence-corrected chi connectivity index (χ1v) is 9.86. The van der Waals surface area contributed by atoms with Crippen molar-refractivity contribution in [2.45, 2.75) is 20.3 Å². The van der Waals surface area contributed by atoms with Crippen LogP contribution in [0.2, 0.25) is 0 Å². The third-order valence-electron chi connectivity index (χ3n) is 4.71. The van der Waals surface area contributed by atoms with Gasteiger partial charge >= 0.3 is 0 Å². The van der Waals surface area contributed by atoms with Gasteiger partial charge in [0.1, 0.15) is 17.2 Å². The molecular formula is C24H26N2O4. The van der Waals surface area contributed by atoms with Crippen LogP contribution >= 0.6 is 0 Å². The summed E-state index contributed by atoms with van der Waals surface area (Å²) in [6.07, 6.45) is 2.44. The van der Waals surface area contributed by atoms with Crippen LogP contribution in [0.15, 0.2) is 60.8 Å². The Morgan fingerprint density at radius 1 is 1.10 bits per heavy atom. The van der Waals surface area contributed by atoms with Gasteiger partial charge in [-0.3, -0.25) is 14.5 Å². The van der Waals surface area contributed by atoms with Crippen LogP contribution in [-0.4, -0.2) is 37.0 Å². The monoisotopic (exact) mass is 406 g/mol.